The van der Waals surface area contributed by atoms with Crippen LogP contribution in [0.2, 0.25) is 0 Å². The van der Waals surface area contributed by atoms with Crippen molar-refractivity contribution < 1.29 is 0 Å². The molecule has 1 aromatic rings. The lowest BCUT2D eigenvalue weighted by molar-refractivity contribution is 0.197. The normalized spacial score (nSPS) is 20.1. The first-order valence-electron chi connectivity index (χ1n) is 7.75. The average Bonchev–Trinajstić information content (AvgIpc) is 2.87. The molecule has 0 aliphatic carbocycles. The van der Waals surface area contributed by atoms with E-state index in [0.29, 0.717) is 0 Å². The molecule has 1 saturated heterocycles. The maximum Gasteiger partial charge on any atom is 0.0948 e. The van der Waals surface area contributed by atoms with Crippen LogP contribution in [0.5, 0.6) is 0 Å². The fourth-order valence-corrected chi connectivity index (χ4v) is 2.99. The molecule has 1 N–H and O–H groups in total. The van der Waals surface area contributed by atoms with Gasteiger partial charge in [0.25, 0.3) is 0 Å². The van der Waals surface area contributed by atoms with Gasteiger partial charge in [-0.2, -0.15) is 0 Å². The van der Waals surface area contributed by atoms with Crippen LogP contribution in [-0.2, 0) is 13.1 Å². The van der Waals surface area contributed by atoms with E-state index < -0.39 is 0 Å². The quantitative estimate of drug-likeness (QED) is 0.819. The second kappa shape index (κ2) is 7.65. The number of rotatable bonds is 7. The summed E-state index contributed by atoms with van der Waals surface area (Å²) in [7, 11) is 0. The summed E-state index contributed by atoms with van der Waals surface area (Å²) in [5, 5.41) is 3.52. The monoisotopic (exact) mass is 264 g/mol. The third-order valence-electron chi connectivity index (χ3n) is 3.98. The van der Waals surface area contributed by atoms with Crippen molar-refractivity contribution in [3.05, 3.63) is 18.2 Å². The van der Waals surface area contributed by atoms with Gasteiger partial charge < -0.3 is 9.88 Å². The van der Waals surface area contributed by atoms with E-state index in [4.69, 9.17) is 0 Å². The van der Waals surface area contributed by atoms with Crippen molar-refractivity contribution in [3.63, 3.8) is 0 Å². The highest BCUT2D eigenvalue weighted by Gasteiger charge is 2.17. The summed E-state index contributed by atoms with van der Waals surface area (Å²) >= 11 is 0. The Bertz CT molecular complexity index is 355. The molecule has 19 heavy (non-hydrogen) atoms. The zero-order chi connectivity index (χ0) is 13.5. The number of hydrogen-bond acceptors (Lipinski definition) is 3. The number of aromatic nitrogens is 2. The lowest BCUT2D eigenvalue weighted by Crippen LogP contribution is -2.38. The summed E-state index contributed by atoms with van der Waals surface area (Å²) in [6, 6.07) is 0. The first-order chi connectivity index (χ1) is 9.33. The van der Waals surface area contributed by atoms with Gasteiger partial charge in [-0.05, 0) is 51.7 Å². The molecule has 0 saturated carbocycles. The largest absolute Gasteiger partial charge is 0.334 e. The lowest BCUT2D eigenvalue weighted by Gasteiger charge is -2.30. The van der Waals surface area contributed by atoms with Crippen LogP contribution in [0.4, 0.5) is 0 Å². The molecule has 1 atom stereocenters. The van der Waals surface area contributed by atoms with Gasteiger partial charge in [0.05, 0.1) is 12.0 Å². The lowest BCUT2D eigenvalue weighted by atomic mass is 9.99. The van der Waals surface area contributed by atoms with Crippen molar-refractivity contribution in [2.45, 2.75) is 46.2 Å². The molecule has 2 rings (SSSR count). The van der Waals surface area contributed by atoms with E-state index >= 15 is 0 Å². The smallest absolute Gasteiger partial charge is 0.0948 e. The molecule has 1 fully saturated rings. The molecule has 4 heteroatoms. The minimum Gasteiger partial charge on any atom is -0.334 e. The van der Waals surface area contributed by atoms with Gasteiger partial charge in [-0.25, -0.2) is 4.98 Å². The van der Waals surface area contributed by atoms with E-state index in [2.05, 4.69) is 33.6 Å². The third-order valence-corrected chi connectivity index (χ3v) is 3.98. The number of hydrogen-bond donors (Lipinski definition) is 1. The maximum atomic E-state index is 4.28. The number of aryl methyl sites for hydroxylation is 1. The van der Waals surface area contributed by atoms with Crippen molar-refractivity contribution in [3.8, 4) is 0 Å². The molecule has 0 amide bonds. The fraction of sp³-hybridized carbons (Fsp3) is 0.800. The molecular weight excluding hydrogens is 236 g/mol. The summed E-state index contributed by atoms with van der Waals surface area (Å²) in [5.74, 6) is 0.818. The number of imidazole rings is 1. The molecule has 0 aromatic carbocycles. The van der Waals surface area contributed by atoms with E-state index in [1.54, 1.807) is 0 Å². The fourth-order valence-electron chi connectivity index (χ4n) is 2.99. The zero-order valence-electron chi connectivity index (χ0n) is 12.4. The molecule has 0 spiro atoms. The van der Waals surface area contributed by atoms with Crippen LogP contribution in [0.15, 0.2) is 12.5 Å². The number of piperidine rings is 1. The second-order valence-electron chi connectivity index (χ2n) is 5.62. The van der Waals surface area contributed by atoms with E-state index in [0.717, 1.165) is 19.0 Å². The Morgan fingerprint density at radius 1 is 1.47 bits per heavy atom. The highest BCUT2D eigenvalue weighted by molar-refractivity contribution is 4.98. The van der Waals surface area contributed by atoms with E-state index in [-0.39, 0.29) is 0 Å². The Kier molecular flexibility index (Phi) is 5.86. The topological polar surface area (TPSA) is 33.1 Å². The zero-order valence-corrected chi connectivity index (χ0v) is 12.4. The van der Waals surface area contributed by atoms with Crippen molar-refractivity contribution in [2.75, 3.05) is 26.2 Å². The van der Waals surface area contributed by atoms with E-state index in [1.807, 2.05) is 12.5 Å². The van der Waals surface area contributed by atoms with Crippen LogP contribution in [0.3, 0.4) is 0 Å². The maximum absolute atomic E-state index is 4.28. The van der Waals surface area contributed by atoms with Gasteiger partial charge in [-0.15, -0.1) is 0 Å². The van der Waals surface area contributed by atoms with Gasteiger partial charge in [0.15, 0.2) is 0 Å². The van der Waals surface area contributed by atoms with E-state index in [1.165, 1.54) is 51.1 Å². The molecule has 2 heterocycles. The van der Waals surface area contributed by atoms with Gasteiger partial charge in [0, 0.05) is 25.8 Å². The van der Waals surface area contributed by atoms with Crippen molar-refractivity contribution in [1.29, 1.82) is 0 Å². The molecule has 108 valence electrons. The molecule has 1 aliphatic heterocycles. The van der Waals surface area contributed by atoms with Crippen LogP contribution in [-0.4, -0.2) is 40.6 Å². The van der Waals surface area contributed by atoms with E-state index in [9.17, 15) is 0 Å². The third kappa shape index (κ3) is 4.32. The molecule has 0 radical (unpaired) electrons. The standard InChI is InChI=1S/C15H28N4/c1-3-8-18(11-14-6-5-7-16-9-14)12-15-10-17-13-19(15)4-2/h10,13-14,16H,3-9,11-12H2,1-2H3. The molecule has 4 nitrogen and oxygen atoms in total. The van der Waals surface area contributed by atoms with Crippen LogP contribution >= 0.6 is 0 Å². The molecule has 0 bridgehead atoms. The summed E-state index contributed by atoms with van der Waals surface area (Å²) in [6.07, 6.45) is 7.89. The Morgan fingerprint density at radius 2 is 2.37 bits per heavy atom. The summed E-state index contributed by atoms with van der Waals surface area (Å²) < 4.78 is 2.25. The molecule has 1 unspecified atom stereocenters. The first-order valence-corrected chi connectivity index (χ1v) is 7.75. The highest BCUT2D eigenvalue weighted by Crippen LogP contribution is 2.14. The van der Waals surface area contributed by atoms with Gasteiger partial charge >= 0.3 is 0 Å². The Labute approximate surface area is 117 Å². The summed E-state index contributed by atoms with van der Waals surface area (Å²) in [4.78, 5) is 6.87. The van der Waals surface area contributed by atoms with Crippen LogP contribution in [0, 0.1) is 5.92 Å². The Hall–Kier alpha value is -0.870. The minimum atomic E-state index is 0.818. The molecule has 1 aromatic heterocycles. The minimum absolute atomic E-state index is 0.818. The SMILES string of the molecule is CCCN(Cc1cncn1CC)CC1CCCNC1. The predicted molar refractivity (Wildman–Crippen MR) is 79.1 cm³/mol. The Balaban J connectivity index is 1.91. The Morgan fingerprint density at radius 3 is 3.05 bits per heavy atom. The molecule has 1 aliphatic rings. The second-order valence-corrected chi connectivity index (χ2v) is 5.62. The first kappa shape index (κ1) is 14.5. The van der Waals surface area contributed by atoms with Gasteiger partial charge in [-0.3, -0.25) is 4.90 Å². The van der Waals surface area contributed by atoms with Crippen molar-refractivity contribution in [2.24, 2.45) is 5.92 Å². The summed E-state index contributed by atoms with van der Waals surface area (Å²) in [6.45, 7) is 11.3. The van der Waals surface area contributed by atoms with Crippen LogP contribution < -0.4 is 5.32 Å². The van der Waals surface area contributed by atoms with Gasteiger partial charge in [0.2, 0.25) is 0 Å². The van der Waals surface area contributed by atoms with Gasteiger partial charge in [-0.1, -0.05) is 6.92 Å². The molecular formula is C15H28N4. The average molecular weight is 264 g/mol. The summed E-state index contributed by atoms with van der Waals surface area (Å²) in [5.41, 5.74) is 1.35. The van der Waals surface area contributed by atoms with Crippen LogP contribution in [0.25, 0.3) is 0 Å². The van der Waals surface area contributed by atoms with Crippen molar-refractivity contribution >= 4 is 0 Å². The number of nitrogens with zero attached hydrogens (tertiary/aromatic N) is 3. The highest BCUT2D eigenvalue weighted by atomic mass is 15.2. The number of nitrogens with one attached hydrogen (secondary N) is 1. The van der Waals surface area contributed by atoms with Gasteiger partial charge in [0.1, 0.15) is 0 Å². The van der Waals surface area contributed by atoms with Crippen LogP contribution in [0.1, 0.15) is 38.8 Å². The van der Waals surface area contributed by atoms with Crippen molar-refractivity contribution in [1.82, 2.24) is 19.8 Å². The predicted octanol–water partition coefficient (Wildman–Crippen LogP) is 2.11.